The lowest BCUT2D eigenvalue weighted by Gasteiger charge is -2.17. The van der Waals surface area contributed by atoms with E-state index in [2.05, 4.69) is 15.3 Å². The average molecular weight is 266 g/mol. The summed E-state index contributed by atoms with van der Waals surface area (Å²) in [6.45, 7) is -0.714. The minimum absolute atomic E-state index is 0.0723. The molecule has 5 nitrogen and oxygen atoms in total. The molecular weight excluding hydrogens is 254 g/mol. The number of nitrogens with one attached hydrogen (secondary N) is 2. The van der Waals surface area contributed by atoms with Crippen LogP contribution >= 0.6 is 0 Å². The maximum atomic E-state index is 13.8. The standard InChI is InChI=1S/C12H12F2N4O/c13-12(14,9-3-1-2-5-16-9)7-18-11-10(15)8(19)4-6-17-11/h1-6H,7,15H2,(H2,17,18,19). The summed E-state index contributed by atoms with van der Waals surface area (Å²) >= 11 is 0. The highest BCUT2D eigenvalue weighted by Gasteiger charge is 2.33. The number of nitrogen functional groups attached to an aromatic ring is 1. The number of anilines is 2. The molecule has 0 saturated carbocycles. The van der Waals surface area contributed by atoms with Crippen LogP contribution in [0.4, 0.5) is 20.3 Å². The van der Waals surface area contributed by atoms with Crippen LogP contribution in [-0.4, -0.2) is 16.5 Å². The van der Waals surface area contributed by atoms with E-state index in [1.165, 1.54) is 30.6 Å². The number of H-pyrrole nitrogens is 1. The molecule has 0 unspecified atom stereocenters. The van der Waals surface area contributed by atoms with Crippen molar-refractivity contribution in [3.05, 3.63) is 52.6 Å². The second kappa shape index (κ2) is 5.05. The monoisotopic (exact) mass is 266 g/mol. The van der Waals surface area contributed by atoms with Crippen molar-refractivity contribution in [1.29, 1.82) is 0 Å². The predicted molar refractivity (Wildman–Crippen MR) is 68.1 cm³/mol. The highest BCUT2D eigenvalue weighted by atomic mass is 19.3. The van der Waals surface area contributed by atoms with Crippen molar-refractivity contribution in [2.24, 2.45) is 0 Å². The van der Waals surface area contributed by atoms with E-state index < -0.39 is 17.9 Å². The van der Waals surface area contributed by atoms with Crippen molar-refractivity contribution in [3.63, 3.8) is 0 Å². The maximum absolute atomic E-state index is 13.8. The molecule has 0 fully saturated rings. The average Bonchev–Trinajstić information content (AvgIpc) is 2.41. The third-order valence-corrected chi connectivity index (χ3v) is 2.52. The number of nitrogens with two attached hydrogens (primary N) is 1. The molecule has 0 aliphatic heterocycles. The van der Waals surface area contributed by atoms with Crippen LogP contribution in [0, 0.1) is 0 Å². The summed E-state index contributed by atoms with van der Waals surface area (Å²) in [5.41, 5.74) is 4.58. The Morgan fingerprint density at radius 3 is 2.84 bits per heavy atom. The van der Waals surface area contributed by atoms with Crippen molar-refractivity contribution < 1.29 is 8.78 Å². The van der Waals surface area contributed by atoms with Crippen LogP contribution in [0.25, 0.3) is 0 Å². The predicted octanol–water partition coefficient (Wildman–Crippen LogP) is 1.56. The fourth-order valence-corrected chi connectivity index (χ4v) is 1.51. The van der Waals surface area contributed by atoms with Gasteiger partial charge in [0.1, 0.15) is 17.2 Å². The van der Waals surface area contributed by atoms with Crippen molar-refractivity contribution in [3.8, 4) is 0 Å². The van der Waals surface area contributed by atoms with Crippen LogP contribution in [0.5, 0.6) is 0 Å². The molecule has 0 aliphatic carbocycles. The van der Waals surface area contributed by atoms with Crippen molar-refractivity contribution in [2.75, 3.05) is 17.6 Å². The normalized spacial score (nSPS) is 11.3. The third-order valence-electron chi connectivity index (χ3n) is 2.52. The zero-order chi connectivity index (χ0) is 13.9. The van der Waals surface area contributed by atoms with Gasteiger partial charge in [-0.2, -0.15) is 8.78 Å². The second-order valence-electron chi connectivity index (χ2n) is 3.90. The number of nitrogens with zero attached hydrogens (tertiary/aromatic N) is 1. The van der Waals surface area contributed by atoms with Crippen LogP contribution in [-0.2, 0) is 5.92 Å². The molecule has 2 heterocycles. The summed E-state index contributed by atoms with van der Waals surface area (Å²) < 4.78 is 27.6. The minimum atomic E-state index is -3.17. The van der Waals surface area contributed by atoms with Crippen LogP contribution in [0.1, 0.15) is 5.69 Å². The summed E-state index contributed by atoms with van der Waals surface area (Å²) in [6.07, 6.45) is 2.63. The molecule has 0 saturated heterocycles. The minimum Gasteiger partial charge on any atom is -0.393 e. The Labute approximate surface area is 107 Å². The summed E-state index contributed by atoms with van der Waals surface area (Å²) in [6, 6.07) is 5.49. The topological polar surface area (TPSA) is 83.8 Å². The Morgan fingerprint density at radius 1 is 1.37 bits per heavy atom. The lowest BCUT2D eigenvalue weighted by Crippen LogP contribution is -2.27. The van der Waals surface area contributed by atoms with Crippen LogP contribution in [0.3, 0.4) is 0 Å². The number of hydrogen-bond donors (Lipinski definition) is 3. The largest absolute Gasteiger partial charge is 0.393 e. The highest BCUT2D eigenvalue weighted by Crippen LogP contribution is 2.26. The zero-order valence-corrected chi connectivity index (χ0v) is 9.86. The van der Waals surface area contributed by atoms with Gasteiger partial charge < -0.3 is 16.0 Å². The summed E-state index contributed by atoms with van der Waals surface area (Å²) in [4.78, 5) is 17.5. The molecule has 2 rings (SSSR count). The molecule has 0 radical (unpaired) electrons. The molecule has 0 bridgehead atoms. The first-order valence-electron chi connectivity index (χ1n) is 5.51. The number of alkyl halides is 2. The van der Waals surface area contributed by atoms with E-state index in [-0.39, 0.29) is 17.2 Å². The van der Waals surface area contributed by atoms with E-state index in [0.29, 0.717) is 0 Å². The molecule has 0 spiro atoms. The molecule has 0 atom stereocenters. The van der Waals surface area contributed by atoms with E-state index in [4.69, 9.17) is 5.73 Å². The quantitative estimate of drug-likeness (QED) is 0.784. The molecule has 0 aromatic carbocycles. The van der Waals surface area contributed by atoms with Crippen LogP contribution < -0.4 is 16.5 Å². The van der Waals surface area contributed by atoms with Crippen molar-refractivity contribution in [2.45, 2.75) is 5.92 Å². The van der Waals surface area contributed by atoms with Gasteiger partial charge in [0.15, 0.2) is 0 Å². The smallest absolute Gasteiger partial charge is 0.306 e. The van der Waals surface area contributed by atoms with Gasteiger partial charge in [-0.25, -0.2) is 0 Å². The number of hydrogen-bond acceptors (Lipinski definition) is 4. The number of aromatic nitrogens is 2. The fourth-order valence-electron chi connectivity index (χ4n) is 1.51. The van der Waals surface area contributed by atoms with E-state index in [9.17, 15) is 13.6 Å². The third kappa shape index (κ3) is 2.87. The lowest BCUT2D eigenvalue weighted by molar-refractivity contribution is 0.00593. The van der Waals surface area contributed by atoms with Crippen molar-refractivity contribution in [1.82, 2.24) is 9.97 Å². The van der Waals surface area contributed by atoms with Gasteiger partial charge in [0, 0.05) is 18.5 Å². The van der Waals surface area contributed by atoms with E-state index in [0.717, 1.165) is 0 Å². The first-order chi connectivity index (χ1) is 9.00. The SMILES string of the molecule is Nc1c(NCC(F)(F)c2ccccn2)[nH]ccc1=O. The molecule has 100 valence electrons. The van der Waals surface area contributed by atoms with Crippen molar-refractivity contribution >= 4 is 11.5 Å². The number of pyridine rings is 2. The maximum Gasteiger partial charge on any atom is 0.306 e. The fraction of sp³-hybridized carbons (Fsp3) is 0.167. The summed E-state index contributed by atoms with van der Waals surface area (Å²) in [5, 5.41) is 2.42. The lowest BCUT2D eigenvalue weighted by atomic mass is 10.2. The molecule has 4 N–H and O–H groups in total. The Morgan fingerprint density at radius 2 is 2.16 bits per heavy atom. The number of aromatic amines is 1. The van der Waals surface area contributed by atoms with E-state index in [1.807, 2.05) is 0 Å². The Kier molecular flexibility index (Phi) is 3.46. The van der Waals surface area contributed by atoms with Crippen LogP contribution in [0.15, 0.2) is 41.5 Å². The number of rotatable bonds is 4. The molecular formula is C12H12F2N4O. The van der Waals surface area contributed by atoms with Gasteiger partial charge >= 0.3 is 5.92 Å². The van der Waals surface area contributed by atoms with Gasteiger partial charge in [-0.15, -0.1) is 0 Å². The van der Waals surface area contributed by atoms with Crippen LogP contribution in [0.2, 0.25) is 0 Å². The van der Waals surface area contributed by atoms with Gasteiger partial charge in [0.05, 0.1) is 6.54 Å². The molecule has 0 amide bonds. The summed E-state index contributed by atoms with van der Waals surface area (Å²) in [7, 11) is 0. The molecule has 2 aromatic heterocycles. The van der Waals surface area contributed by atoms with Gasteiger partial charge in [-0.3, -0.25) is 9.78 Å². The van der Waals surface area contributed by atoms with Gasteiger partial charge in [-0.05, 0) is 12.1 Å². The van der Waals surface area contributed by atoms with Gasteiger partial charge in [-0.1, -0.05) is 6.07 Å². The summed E-state index contributed by atoms with van der Waals surface area (Å²) in [5.74, 6) is -3.09. The Balaban J connectivity index is 2.14. The van der Waals surface area contributed by atoms with Gasteiger partial charge in [0.25, 0.3) is 0 Å². The Hall–Kier alpha value is -2.44. The first kappa shape index (κ1) is 13.0. The molecule has 0 aliphatic rings. The highest BCUT2D eigenvalue weighted by molar-refractivity contribution is 5.60. The molecule has 2 aromatic rings. The molecule has 7 heteroatoms. The second-order valence-corrected chi connectivity index (χ2v) is 3.90. The molecule has 19 heavy (non-hydrogen) atoms. The number of halogens is 2. The van der Waals surface area contributed by atoms with E-state index in [1.54, 1.807) is 6.07 Å². The Bertz CT molecular complexity index is 613. The first-order valence-corrected chi connectivity index (χ1v) is 5.51. The van der Waals surface area contributed by atoms with E-state index >= 15 is 0 Å². The zero-order valence-electron chi connectivity index (χ0n) is 9.86. The van der Waals surface area contributed by atoms with Gasteiger partial charge in [0.2, 0.25) is 5.43 Å².